The average molecular weight is 292 g/mol. The third-order valence-corrected chi connectivity index (χ3v) is 4.47. The van der Waals surface area contributed by atoms with Crippen molar-refractivity contribution in [3.05, 3.63) is 29.8 Å². The number of hydrogen-bond donors (Lipinski definition) is 1. The highest BCUT2D eigenvalue weighted by molar-refractivity contribution is 5.33. The summed E-state index contributed by atoms with van der Waals surface area (Å²) >= 11 is 0. The van der Waals surface area contributed by atoms with Gasteiger partial charge in [-0.3, -0.25) is 0 Å². The maximum atomic E-state index is 10.7. The van der Waals surface area contributed by atoms with Crippen molar-refractivity contribution >= 4 is 0 Å². The van der Waals surface area contributed by atoms with Gasteiger partial charge in [-0.15, -0.1) is 0 Å². The van der Waals surface area contributed by atoms with Gasteiger partial charge < -0.3 is 14.6 Å². The number of benzene rings is 1. The molecule has 0 saturated heterocycles. The van der Waals surface area contributed by atoms with Crippen LogP contribution in [0.15, 0.2) is 24.3 Å². The van der Waals surface area contributed by atoms with Crippen LogP contribution in [0.4, 0.5) is 0 Å². The average Bonchev–Trinajstić information content (AvgIpc) is 2.53. The van der Waals surface area contributed by atoms with E-state index < -0.39 is 6.10 Å². The van der Waals surface area contributed by atoms with E-state index in [1.807, 2.05) is 31.2 Å². The molecule has 3 nitrogen and oxygen atoms in total. The van der Waals surface area contributed by atoms with Gasteiger partial charge in [0.05, 0.1) is 19.3 Å². The lowest BCUT2D eigenvalue weighted by Crippen LogP contribution is -2.38. The Hall–Kier alpha value is -1.06. The molecule has 0 aromatic heterocycles. The molecule has 0 aliphatic heterocycles. The van der Waals surface area contributed by atoms with E-state index in [0.29, 0.717) is 18.9 Å². The normalized spacial score (nSPS) is 19.2. The van der Waals surface area contributed by atoms with Crippen molar-refractivity contribution < 1.29 is 14.6 Å². The van der Waals surface area contributed by atoms with Gasteiger partial charge in [-0.2, -0.15) is 0 Å². The molecule has 1 N–H and O–H groups in total. The lowest BCUT2D eigenvalue weighted by molar-refractivity contribution is -0.0716. The first-order valence-corrected chi connectivity index (χ1v) is 8.17. The number of hydrogen-bond acceptors (Lipinski definition) is 3. The second-order valence-electron chi connectivity index (χ2n) is 5.90. The Balaban J connectivity index is 2.05. The molecule has 1 aromatic carbocycles. The molecule has 0 amide bonds. The predicted molar refractivity (Wildman–Crippen MR) is 84.7 cm³/mol. The summed E-state index contributed by atoms with van der Waals surface area (Å²) in [5, 5.41) is 10.7. The molecule has 3 heteroatoms. The Morgan fingerprint density at radius 2 is 1.90 bits per heavy atom. The Labute approximate surface area is 128 Å². The van der Waals surface area contributed by atoms with Gasteiger partial charge in [-0.25, -0.2) is 0 Å². The molecule has 1 fully saturated rings. The minimum absolute atomic E-state index is 0.0554. The fraction of sp³-hybridized carbons (Fsp3) is 0.667. The number of aliphatic hydroxyl groups excluding tert-OH is 1. The fourth-order valence-corrected chi connectivity index (χ4v) is 3.43. The standard InChI is InChI=1S/C18H28O3/c1-3-21-18(14-9-5-4-6-10-14)16(19)13-15-11-7-8-12-17(15)20-2/h7-8,11-12,14,16,18-19H,3-6,9-10,13H2,1-2H3. The number of aliphatic hydroxyl groups is 1. The van der Waals surface area contributed by atoms with Crippen LogP contribution < -0.4 is 4.74 Å². The molecular weight excluding hydrogens is 264 g/mol. The van der Waals surface area contributed by atoms with E-state index in [2.05, 4.69) is 0 Å². The van der Waals surface area contributed by atoms with Gasteiger partial charge in [0, 0.05) is 13.0 Å². The van der Waals surface area contributed by atoms with Crippen LogP contribution in [0.1, 0.15) is 44.6 Å². The zero-order valence-electron chi connectivity index (χ0n) is 13.3. The maximum absolute atomic E-state index is 10.7. The summed E-state index contributed by atoms with van der Waals surface area (Å²) in [6.45, 7) is 2.66. The van der Waals surface area contributed by atoms with Crippen molar-refractivity contribution in [3.63, 3.8) is 0 Å². The zero-order chi connectivity index (χ0) is 15.1. The third kappa shape index (κ3) is 4.45. The topological polar surface area (TPSA) is 38.7 Å². The van der Waals surface area contributed by atoms with Crippen molar-refractivity contribution in [2.24, 2.45) is 5.92 Å². The van der Waals surface area contributed by atoms with Gasteiger partial charge in [0.15, 0.2) is 0 Å². The van der Waals surface area contributed by atoms with Crippen molar-refractivity contribution in [1.82, 2.24) is 0 Å². The summed E-state index contributed by atoms with van der Waals surface area (Å²) in [7, 11) is 1.67. The van der Waals surface area contributed by atoms with Crippen molar-refractivity contribution in [3.8, 4) is 5.75 Å². The molecule has 118 valence electrons. The monoisotopic (exact) mass is 292 g/mol. The summed E-state index contributed by atoms with van der Waals surface area (Å²) in [4.78, 5) is 0. The van der Waals surface area contributed by atoms with Crippen LogP contribution in [0, 0.1) is 5.92 Å². The Morgan fingerprint density at radius 3 is 2.57 bits per heavy atom. The Bertz CT molecular complexity index is 413. The fourth-order valence-electron chi connectivity index (χ4n) is 3.43. The highest BCUT2D eigenvalue weighted by atomic mass is 16.5. The summed E-state index contributed by atoms with van der Waals surface area (Å²) in [5.74, 6) is 1.33. The van der Waals surface area contributed by atoms with Crippen LogP contribution in [0.2, 0.25) is 0 Å². The first-order valence-electron chi connectivity index (χ1n) is 8.17. The Kier molecular flexibility index (Phi) is 6.52. The molecule has 1 aliphatic carbocycles. The predicted octanol–water partition coefficient (Wildman–Crippen LogP) is 3.58. The molecule has 0 radical (unpaired) electrons. The molecular formula is C18H28O3. The van der Waals surface area contributed by atoms with Crippen molar-refractivity contribution in [2.75, 3.05) is 13.7 Å². The summed E-state index contributed by atoms with van der Waals surface area (Å²) < 4.78 is 11.3. The van der Waals surface area contributed by atoms with Crippen LogP contribution in [0.25, 0.3) is 0 Å². The highest BCUT2D eigenvalue weighted by Crippen LogP contribution is 2.31. The van der Waals surface area contributed by atoms with Crippen LogP contribution >= 0.6 is 0 Å². The van der Waals surface area contributed by atoms with E-state index >= 15 is 0 Å². The SMILES string of the molecule is CCOC(C(O)Cc1ccccc1OC)C1CCCCC1. The zero-order valence-corrected chi connectivity index (χ0v) is 13.3. The first-order chi connectivity index (χ1) is 10.3. The van der Waals surface area contributed by atoms with Gasteiger partial charge in [-0.1, -0.05) is 37.5 Å². The van der Waals surface area contributed by atoms with Crippen molar-refractivity contribution in [2.45, 2.75) is 57.7 Å². The lowest BCUT2D eigenvalue weighted by Gasteiger charge is -2.33. The molecule has 0 heterocycles. The molecule has 0 spiro atoms. The van der Waals surface area contributed by atoms with Gasteiger partial charge >= 0.3 is 0 Å². The van der Waals surface area contributed by atoms with Crippen molar-refractivity contribution in [1.29, 1.82) is 0 Å². The smallest absolute Gasteiger partial charge is 0.122 e. The maximum Gasteiger partial charge on any atom is 0.122 e. The van der Waals surface area contributed by atoms with E-state index in [0.717, 1.165) is 11.3 Å². The second-order valence-corrected chi connectivity index (χ2v) is 5.90. The van der Waals surface area contributed by atoms with Gasteiger partial charge in [0.25, 0.3) is 0 Å². The largest absolute Gasteiger partial charge is 0.496 e. The third-order valence-electron chi connectivity index (χ3n) is 4.47. The van der Waals surface area contributed by atoms with Gasteiger partial charge in [-0.05, 0) is 37.3 Å². The van der Waals surface area contributed by atoms with E-state index in [1.54, 1.807) is 7.11 Å². The summed E-state index contributed by atoms with van der Waals surface area (Å²) in [6, 6.07) is 7.90. The van der Waals surface area contributed by atoms with E-state index in [4.69, 9.17) is 9.47 Å². The van der Waals surface area contributed by atoms with E-state index in [9.17, 15) is 5.11 Å². The van der Waals surface area contributed by atoms with E-state index in [1.165, 1.54) is 32.1 Å². The molecule has 1 saturated carbocycles. The molecule has 21 heavy (non-hydrogen) atoms. The summed E-state index contributed by atoms with van der Waals surface area (Å²) in [6.07, 6.45) is 6.25. The minimum atomic E-state index is -0.468. The van der Waals surface area contributed by atoms with E-state index in [-0.39, 0.29) is 6.10 Å². The molecule has 1 aromatic rings. The number of rotatable bonds is 7. The van der Waals surface area contributed by atoms with Crippen LogP contribution in [0.3, 0.4) is 0 Å². The molecule has 0 bridgehead atoms. The quantitative estimate of drug-likeness (QED) is 0.835. The molecule has 2 atom stereocenters. The number of methoxy groups -OCH3 is 1. The highest BCUT2D eigenvalue weighted by Gasteiger charge is 2.30. The second kappa shape index (κ2) is 8.40. The Morgan fingerprint density at radius 1 is 1.19 bits per heavy atom. The number of ether oxygens (including phenoxy) is 2. The summed E-state index contributed by atoms with van der Waals surface area (Å²) in [5.41, 5.74) is 1.05. The van der Waals surface area contributed by atoms with Gasteiger partial charge in [0.1, 0.15) is 5.75 Å². The minimum Gasteiger partial charge on any atom is -0.496 e. The van der Waals surface area contributed by atoms with Crippen LogP contribution in [-0.2, 0) is 11.2 Å². The first kappa shape index (κ1) is 16.3. The number of para-hydroxylation sites is 1. The van der Waals surface area contributed by atoms with Crippen LogP contribution in [-0.4, -0.2) is 31.0 Å². The lowest BCUT2D eigenvalue weighted by atomic mass is 9.82. The molecule has 2 unspecified atom stereocenters. The van der Waals surface area contributed by atoms with Crippen LogP contribution in [0.5, 0.6) is 5.75 Å². The van der Waals surface area contributed by atoms with Gasteiger partial charge in [0.2, 0.25) is 0 Å². The molecule has 1 aliphatic rings. The molecule has 2 rings (SSSR count).